The van der Waals surface area contributed by atoms with Crippen molar-refractivity contribution in [2.45, 2.75) is 6.61 Å². The Hall–Kier alpha value is -1.26. The number of ether oxygens (including phenoxy) is 1. The van der Waals surface area contributed by atoms with E-state index in [9.17, 15) is 0 Å². The molecule has 4 heteroatoms. The van der Waals surface area contributed by atoms with Crippen LogP contribution in [0, 0.1) is 0 Å². The van der Waals surface area contributed by atoms with Crippen LogP contribution in [0.25, 0.3) is 11.4 Å². The fourth-order valence-electron chi connectivity index (χ4n) is 1.37. The predicted molar refractivity (Wildman–Crippen MR) is 65.9 cm³/mol. The van der Waals surface area contributed by atoms with E-state index < -0.39 is 0 Å². The average Bonchev–Trinajstić information content (AvgIpc) is 2.33. The van der Waals surface area contributed by atoms with E-state index in [1.54, 1.807) is 13.3 Å². The molecule has 0 atom stereocenters. The molecule has 3 nitrogen and oxygen atoms in total. The fourth-order valence-corrected chi connectivity index (χ4v) is 1.67. The third-order valence-corrected chi connectivity index (χ3v) is 2.79. The summed E-state index contributed by atoms with van der Waals surface area (Å²) in [5.41, 5.74) is 1.86. The predicted octanol–water partition coefficient (Wildman–Crippen LogP) is 3.05. The van der Waals surface area contributed by atoms with Crippen LogP contribution in [-0.4, -0.2) is 17.1 Å². The van der Waals surface area contributed by atoms with Crippen molar-refractivity contribution in [2.75, 3.05) is 7.11 Å². The van der Waals surface area contributed by atoms with Gasteiger partial charge in [0.25, 0.3) is 0 Å². The number of methoxy groups -OCH3 is 1. The highest BCUT2D eigenvalue weighted by Crippen LogP contribution is 2.19. The van der Waals surface area contributed by atoms with E-state index in [0.717, 1.165) is 21.6 Å². The molecule has 0 saturated heterocycles. The molecule has 1 aromatic carbocycles. The van der Waals surface area contributed by atoms with E-state index in [2.05, 4.69) is 25.9 Å². The van der Waals surface area contributed by atoms with Crippen LogP contribution in [0.1, 0.15) is 5.69 Å². The molecule has 0 aliphatic rings. The highest BCUT2D eigenvalue weighted by atomic mass is 79.9. The molecule has 0 amide bonds. The van der Waals surface area contributed by atoms with Crippen LogP contribution in [0.5, 0.6) is 0 Å². The number of hydrogen-bond donors (Lipinski definition) is 0. The molecule has 0 spiro atoms. The molecule has 0 aliphatic carbocycles. The first-order valence-electron chi connectivity index (χ1n) is 4.87. The molecule has 1 aromatic heterocycles. The van der Waals surface area contributed by atoms with Gasteiger partial charge in [0.15, 0.2) is 5.82 Å². The van der Waals surface area contributed by atoms with Gasteiger partial charge in [0.1, 0.15) is 0 Å². The third-order valence-electron chi connectivity index (χ3n) is 2.13. The van der Waals surface area contributed by atoms with Gasteiger partial charge in [0.2, 0.25) is 0 Å². The van der Waals surface area contributed by atoms with E-state index in [0.29, 0.717) is 6.61 Å². The van der Waals surface area contributed by atoms with Crippen LogP contribution in [0.3, 0.4) is 0 Å². The van der Waals surface area contributed by atoms with Gasteiger partial charge in [-0.2, -0.15) is 0 Å². The zero-order chi connectivity index (χ0) is 11.4. The van der Waals surface area contributed by atoms with Crippen molar-refractivity contribution in [3.05, 3.63) is 46.7 Å². The first kappa shape index (κ1) is 11.2. The Balaban J connectivity index is 2.40. The van der Waals surface area contributed by atoms with Gasteiger partial charge in [-0.1, -0.05) is 30.3 Å². The van der Waals surface area contributed by atoms with Gasteiger partial charge in [0, 0.05) is 18.9 Å². The Labute approximate surface area is 103 Å². The molecule has 0 fully saturated rings. The van der Waals surface area contributed by atoms with Crippen LogP contribution in [0.15, 0.2) is 41.0 Å². The topological polar surface area (TPSA) is 35.0 Å². The zero-order valence-corrected chi connectivity index (χ0v) is 10.4. The van der Waals surface area contributed by atoms with Crippen LogP contribution in [0.2, 0.25) is 0 Å². The van der Waals surface area contributed by atoms with Gasteiger partial charge in [-0.25, -0.2) is 9.97 Å². The van der Waals surface area contributed by atoms with Crippen molar-refractivity contribution in [1.82, 2.24) is 9.97 Å². The lowest BCUT2D eigenvalue weighted by atomic mass is 10.2. The van der Waals surface area contributed by atoms with Gasteiger partial charge in [-0.15, -0.1) is 0 Å². The smallest absolute Gasteiger partial charge is 0.159 e. The van der Waals surface area contributed by atoms with Gasteiger partial charge in [-0.05, 0) is 15.9 Å². The second-order valence-corrected chi connectivity index (χ2v) is 4.14. The molecule has 0 N–H and O–H groups in total. The highest BCUT2D eigenvalue weighted by Gasteiger charge is 2.06. The first-order valence-corrected chi connectivity index (χ1v) is 5.66. The second kappa shape index (κ2) is 5.18. The fraction of sp³-hybridized carbons (Fsp3) is 0.167. The highest BCUT2D eigenvalue weighted by molar-refractivity contribution is 9.10. The van der Waals surface area contributed by atoms with Crippen LogP contribution >= 0.6 is 15.9 Å². The lowest BCUT2D eigenvalue weighted by molar-refractivity contribution is 0.181. The normalized spacial score (nSPS) is 10.4. The molecule has 82 valence electrons. The van der Waals surface area contributed by atoms with Crippen molar-refractivity contribution >= 4 is 15.9 Å². The zero-order valence-electron chi connectivity index (χ0n) is 8.85. The molecule has 2 aromatic rings. The lowest BCUT2D eigenvalue weighted by Gasteiger charge is -2.05. The largest absolute Gasteiger partial charge is 0.378 e. The number of hydrogen-bond acceptors (Lipinski definition) is 3. The Bertz CT molecular complexity index is 474. The Morgan fingerprint density at radius 2 is 2.00 bits per heavy atom. The van der Waals surface area contributed by atoms with Crippen molar-refractivity contribution in [2.24, 2.45) is 0 Å². The minimum atomic E-state index is 0.475. The van der Waals surface area contributed by atoms with E-state index in [4.69, 9.17) is 4.74 Å². The van der Waals surface area contributed by atoms with Gasteiger partial charge >= 0.3 is 0 Å². The van der Waals surface area contributed by atoms with Crippen LogP contribution in [0.4, 0.5) is 0 Å². The lowest BCUT2D eigenvalue weighted by Crippen LogP contribution is -1.98. The molecule has 0 saturated carbocycles. The summed E-state index contributed by atoms with van der Waals surface area (Å²) in [7, 11) is 1.65. The molecule has 1 heterocycles. The first-order chi connectivity index (χ1) is 7.81. The molecule has 0 radical (unpaired) electrons. The number of rotatable bonds is 3. The number of aromatic nitrogens is 2. The SMILES string of the molecule is COCc1nc(-c2ccccc2)ncc1Br. The summed E-state index contributed by atoms with van der Waals surface area (Å²) in [6.07, 6.45) is 1.75. The van der Waals surface area contributed by atoms with Crippen LogP contribution in [-0.2, 0) is 11.3 Å². The Kier molecular flexibility index (Phi) is 3.64. The molecule has 0 unspecified atom stereocenters. The second-order valence-electron chi connectivity index (χ2n) is 3.29. The van der Waals surface area contributed by atoms with E-state index in [1.807, 2.05) is 30.3 Å². The average molecular weight is 279 g/mol. The molecule has 0 bridgehead atoms. The summed E-state index contributed by atoms with van der Waals surface area (Å²) in [5, 5.41) is 0. The van der Waals surface area contributed by atoms with Crippen LogP contribution < -0.4 is 0 Å². The van der Waals surface area contributed by atoms with Gasteiger partial charge in [0.05, 0.1) is 16.8 Å². The van der Waals surface area contributed by atoms with Crippen molar-refractivity contribution < 1.29 is 4.74 Å². The van der Waals surface area contributed by atoms with Gasteiger partial charge < -0.3 is 4.74 Å². The number of halogens is 1. The van der Waals surface area contributed by atoms with E-state index in [1.165, 1.54) is 0 Å². The maximum Gasteiger partial charge on any atom is 0.159 e. The molecule has 0 aliphatic heterocycles. The van der Waals surface area contributed by atoms with Crippen molar-refractivity contribution in [3.63, 3.8) is 0 Å². The summed E-state index contributed by atoms with van der Waals surface area (Å²) in [5.74, 6) is 0.718. The van der Waals surface area contributed by atoms with E-state index in [-0.39, 0.29) is 0 Å². The minimum absolute atomic E-state index is 0.475. The molecule has 16 heavy (non-hydrogen) atoms. The number of nitrogens with zero attached hydrogens (tertiary/aromatic N) is 2. The van der Waals surface area contributed by atoms with Crippen molar-refractivity contribution in [3.8, 4) is 11.4 Å². The Morgan fingerprint density at radius 1 is 1.25 bits per heavy atom. The molecular weight excluding hydrogens is 268 g/mol. The standard InChI is InChI=1S/C12H11BrN2O/c1-16-8-11-10(13)7-14-12(15-11)9-5-3-2-4-6-9/h2-7H,8H2,1H3. The molecular formula is C12H11BrN2O. The summed E-state index contributed by atoms with van der Waals surface area (Å²) in [4.78, 5) is 8.73. The maximum absolute atomic E-state index is 5.08. The number of benzene rings is 1. The monoisotopic (exact) mass is 278 g/mol. The third kappa shape index (κ3) is 2.46. The maximum atomic E-state index is 5.08. The molecule has 2 rings (SSSR count). The summed E-state index contributed by atoms with van der Waals surface area (Å²) >= 11 is 3.40. The quantitative estimate of drug-likeness (QED) is 0.866. The summed E-state index contributed by atoms with van der Waals surface area (Å²) < 4.78 is 5.95. The summed E-state index contributed by atoms with van der Waals surface area (Å²) in [6.45, 7) is 0.475. The Morgan fingerprint density at radius 3 is 2.69 bits per heavy atom. The minimum Gasteiger partial charge on any atom is -0.378 e. The summed E-state index contributed by atoms with van der Waals surface area (Å²) in [6, 6.07) is 9.88. The van der Waals surface area contributed by atoms with E-state index >= 15 is 0 Å². The van der Waals surface area contributed by atoms with Crippen molar-refractivity contribution in [1.29, 1.82) is 0 Å². The van der Waals surface area contributed by atoms with Gasteiger partial charge in [-0.3, -0.25) is 0 Å².